The first-order chi connectivity index (χ1) is 9.06. The molecule has 1 heterocycles. The van der Waals surface area contributed by atoms with Crippen molar-refractivity contribution in [3.63, 3.8) is 0 Å². The van der Waals surface area contributed by atoms with E-state index in [1.165, 1.54) is 0 Å². The number of halogens is 3. The van der Waals surface area contributed by atoms with Crippen LogP contribution in [0.4, 0.5) is 0 Å². The number of hydrogen-bond donors (Lipinski definition) is 1. The number of benzene rings is 1. The Bertz CT molecular complexity index is 451. The molecule has 0 aliphatic carbocycles. The van der Waals surface area contributed by atoms with E-state index in [1.807, 2.05) is 0 Å². The summed E-state index contributed by atoms with van der Waals surface area (Å²) < 4.78 is 12.0. The first-order valence-corrected chi connectivity index (χ1v) is 8.20. The minimum atomic E-state index is 0.0598. The van der Waals surface area contributed by atoms with Crippen LogP contribution >= 0.6 is 51.8 Å². The summed E-state index contributed by atoms with van der Waals surface area (Å²) >= 11 is 20.0. The SMILES string of the molecule is SCC1(COc2cc(Cl)c(Br)cc2Cl)CCOCC1. The van der Waals surface area contributed by atoms with Gasteiger partial charge in [0.2, 0.25) is 0 Å². The molecule has 2 rings (SSSR count). The third-order valence-corrected chi connectivity index (χ3v) is 5.56. The Morgan fingerprint density at radius 1 is 1.26 bits per heavy atom. The summed E-state index contributed by atoms with van der Waals surface area (Å²) in [4.78, 5) is 0. The van der Waals surface area contributed by atoms with Crippen molar-refractivity contribution < 1.29 is 9.47 Å². The Balaban J connectivity index is 2.07. The zero-order chi connectivity index (χ0) is 13.9. The lowest BCUT2D eigenvalue weighted by Gasteiger charge is -2.35. The fraction of sp³-hybridized carbons (Fsp3) is 0.538. The van der Waals surface area contributed by atoms with Gasteiger partial charge in [-0.3, -0.25) is 0 Å². The zero-order valence-corrected chi connectivity index (χ0v) is 14.3. The second kappa shape index (κ2) is 6.90. The van der Waals surface area contributed by atoms with Gasteiger partial charge in [0.15, 0.2) is 0 Å². The molecule has 1 aromatic rings. The summed E-state index contributed by atoms with van der Waals surface area (Å²) in [6, 6.07) is 3.48. The molecule has 1 aliphatic rings. The Morgan fingerprint density at radius 3 is 2.58 bits per heavy atom. The number of rotatable bonds is 4. The maximum Gasteiger partial charge on any atom is 0.139 e. The fourth-order valence-corrected chi connectivity index (χ4v) is 3.25. The van der Waals surface area contributed by atoms with Gasteiger partial charge in [-0.15, -0.1) is 0 Å². The first-order valence-electron chi connectivity index (χ1n) is 6.02. The van der Waals surface area contributed by atoms with Gasteiger partial charge in [0.05, 0.1) is 16.7 Å². The normalized spacial score (nSPS) is 18.3. The molecule has 0 aromatic heterocycles. The van der Waals surface area contributed by atoms with Crippen LogP contribution in [0.15, 0.2) is 16.6 Å². The van der Waals surface area contributed by atoms with Crippen LogP contribution in [0.3, 0.4) is 0 Å². The highest BCUT2D eigenvalue weighted by molar-refractivity contribution is 9.10. The molecule has 0 atom stereocenters. The molecule has 0 radical (unpaired) electrons. The van der Waals surface area contributed by atoms with Crippen LogP contribution in [0, 0.1) is 5.41 Å². The molecule has 1 aliphatic heterocycles. The van der Waals surface area contributed by atoms with E-state index in [9.17, 15) is 0 Å². The van der Waals surface area contributed by atoms with Crippen molar-refractivity contribution in [1.29, 1.82) is 0 Å². The monoisotopic (exact) mass is 384 g/mol. The summed E-state index contributed by atoms with van der Waals surface area (Å²) in [6.07, 6.45) is 1.91. The topological polar surface area (TPSA) is 18.5 Å². The number of ether oxygens (including phenoxy) is 2. The molecular weight excluding hydrogens is 371 g/mol. The van der Waals surface area contributed by atoms with Gasteiger partial charge in [-0.05, 0) is 40.6 Å². The average Bonchev–Trinajstić information content (AvgIpc) is 2.42. The lowest BCUT2D eigenvalue weighted by atomic mass is 9.83. The second-order valence-electron chi connectivity index (χ2n) is 4.76. The molecule has 0 saturated carbocycles. The van der Waals surface area contributed by atoms with E-state index in [2.05, 4.69) is 28.6 Å². The van der Waals surface area contributed by atoms with E-state index in [-0.39, 0.29) is 5.41 Å². The minimum absolute atomic E-state index is 0.0598. The summed E-state index contributed by atoms with van der Waals surface area (Å²) in [7, 11) is 0. The van der Waals surface area contributed by atoms with E-state index in [4.69, 9.17) is 32.7 Å². The van der Waals surface area contributed by atoms with Crippen LogP contribution in [0.1, 0.15) is 12.8 Å². The van der Waals surface area contributed by atoms with Crippen molar-refractivity contribution >= 4 is 51.8 Å². The molecular formula is C13H15BrCl2O2S. The number of thiol groups is 1. The van der Waals surface area contributed by atoms with Crippen LogP contribution in [-0.4, -0.2) is 25.6 Å². The van der Waals surface area contributed by atoms with E-state index in [1.54, 1.807) is 12.1 Å². The van der Waals surface area contributed by atoms with Crippen molar-refractivity contribution in [2.24, 2.45) is 5.41 Å². The maximum absolute atomic E-state index is 6.15. The van der Waals surface area contributed by atoms with Crippen molar-refractivity contribution in [3.05, 3.63) is 26.7 Å². The summed E-state index contributed by atoms with van der Waals surface area (Å²) in [5.41, 5.74) is 0.0598. The third-order valence-electron chi connectivity index (χ3n) is 3.40. The highest BCUT2D eigenvalue weighted by atomic mass is 79.9. The molecule has 1 saturated heterocycles. The van der Waals surface area contributed by atoms with Gasteiger partial charge < -0.3 is 9.47 Å². The van der Waals surface area contributed by atoms with Gasteiger partial charge in [0.1, 0.15) is 5.75 Å². The highest BCUT2D eigenvalue weighted by Gasteiger charge is 2.32. The van der Waals surface area contributed by atoms with Crippen molar-refractivity contribution in [2.45, 2.75) is 12.8 Å². The zero-order valence-electron chi connectivity index (χ0n) is 10.3. The largest absolute Gasteiger partial charge is 0.491 e. The van der Waals surface area contributed by atoms with Crippen LogP contribution < -0.4 is 4.74 Å². The fourth-order valence-electron chi connectivity index (χ4n) is 2.00. The van der Waals surface area contributed by atoms with E-state index in [0.29, 0.717) is 22.4 Å². The molecule has 6 heteroatoms. The standard InChI is InChI=1S/C13H15BrCl2O2S/c14-9-5-11(16)12(6-10(9)15)18-7-13(8-19)1-3-17-4-2-13/h5-6,19H,1-4,7-8H2. The lowest BCUT2D eigenvalue weighted by Crippen LogP contribution is -2.36. The predicted molar refractivity (Wildman–Crippen MR) is 86.0 cm³/mol. The van der Waals surface area contributed by atoms with Gasteiger partial charge in [0.25, 0.3) is 0 Å². The summed E-state index contributed by atoms with van der Waals surface area (Å²) in [6.45, 7) is 2.11. The van der Waals surface area contributed by atoms with E-state index >= 15 is 0 Å². The van der Waals surface area contributed by atoms with Crippen molar-refractivity contribution in [2.75, 3.05) is 25.6 Å². The van der Waals surface area contributed by atoms with Crippen LogP contribution in [0.2, 0.25) is 10.0 Å². The number of hydrogen-bond acceptors (Lipinski definition) is 3. The van der Waals surface area contributed by atoms with Gasteiger partial charge >= 0.3 is 0 Å². The van der Waals surface area contributed by atoms with Crippen LogP contribution in [0.5, 0.6) is 5.75 Å². The second-order valence-corrected chi connectivity index (χ2v) is 6.74. The molecule has 2 nitrogen and oxygen atoms in total. The minimum Gasteiger partial charge on any atom is -0.491 e. The molecule has 0 spiro atoms. The molecule has 1 fully saturated rings. The Morgan fingerprint density at radius 2 is 1.95 bits per heavy atom. The van der Waals surface area contributed by atoms with E-state index < -0.39 is 0 Å². The van der Waals surface area contributed by atoms with Gasteiger partial charge in [0, 0.05) is 29.2 Å². The molecule has 0 amide bonds. The van der Waals surface area contributed by atoms with E-state index in [0.717, 1.165) is 36.3 Å². The average molecular weight is 386 g/mol. The van der Waals surface area contributed by atoms with Crippen LogP contribution in [-0.2, 0) is 4.74 Å². The summed E-state index contributed by atoms with van der Waals surface area (Å²) in [5.74, 6) is 1.39. The highest BCUT2D eigenvalue weighted by Crippen LogP contribution is 2.37. The predicted octanol–water partition coefficient (Wildman–Crippen LogP) is 4.86. The molecule has 0 unspecified atom stereocenters. The maximum atomic E-state index is 6.15. The lowest BCUT2D eigenvalue weighted by molar-refractivity contribution is 0.00313. The van der Waals surface area contributed by atoms with Gasteiger partial charge in [-0.1, -0.05) is 23.2 Å². The Labute approximate surface area is 137 Å². The first kappa shape index (κ1) is 15.8. The third kappa shape index (κ3) is 3.94. The smallest absolute Gasteiger partial charge is 0.139 e. The molecule has 0 N–H and O–H groups in total. The quantitative estimate of drug-likeness (QED) is 0.589. The van der Waals surface area contributed by atoms with Crippen molar-refractivity contribution in [1.82, 2.24) is 0 Å². The Hall–Kier alpha value is 0.390. The Kier molecular flexibility index (Phi) is 5.73. The van der Waals surface area contributed by atoms with Crippen molar-refractivity contribution in [3.8, 4) is 5.75 Å². The molecule has 1 aromatic carbocycles. The van der Waals surface area contributed by atoms with Gasteiger partial charge in [-0.25, -0.2) is 0 Å². The van der Waals surface area contributed by atoms with Crippen LogP contribution in [0.25, 0.3) is 0 Å². The van der Waals surface area contributed by atoms with Gasteiger partial charge in [-0.2, -0.15) is 12.6 Å². The molecule has 0 bridgehead atoms. The molecule has 19 heavy (non-hydrogen) atoms. The summed E-state index contributed by atoms with van der Waals surface area (Å²) in [5, 5.41) is 1.14. The molecule has 106 valence electrons.